The van der Waals surface area contributed by atoms with Gasteiger partial charge < -0.3 is 54.8 Å². The van der Waals surface area contributed by atoms with Crippen molar-refractivity contribution in [2.24, 2.45) is 33.7 Å². The van der Waals surface area contributed by atoms with Gasteiger partial charge in [-0.1, -0.05) is 12.1 Å². The van der Waals surface area contributed by atoms with E-state index in [4.69, 9.17) is 28.7 Å². The molecule has 0 aliphatic rings. The fourth-order valence-corrected chi connectivity index (χ4v) is 3.65. The van der Waals surface area contributed by atoms with Gasteiger partial charge in [0.1, 0.15) is 23.9 Å². The van der Waals surface area contributed by atoms with E-state index in [-0.39, 0.29) is 63.2 Å². The van der Waals surface area contributed by atoms with Gasteiger partial charge in [-0.05, 0) is 43.4 Å². The van der Waals surface area contributed by atoms with Crippen LogP contribution in [-0.2, 0) is 35.2 Å². The highest BCUT2D eigenvalue weighted by Crippen LogP contribution is 2.12. The molecule has 0 aliphatic heterocycles. The summed E-state index contributed by atoms with van der Waals surface area (Å²) in [6.07, 6.45) is -0.770. The third kappa shape index (κ3) is 13.9. The molecule has 15 N–H and O–H groups in total. The van der Waals surface area contributed by atoms with Crippen LogP contribution in [0.5, 0.6) is 5.75 Å². The second kappa shape index (κ2) is 17.7. The smallest absolute Gasteiger partial charge is 0.326 e. The van der Waals surface area contributed by atoms with E-state index in [2.05, 4.69) is 20.9 Å². The summed E-state index contributed by atoms with van der Waals surface area (Å²) in [5.74, 6) is -5.55. The van der Waals surface area contributed by atoms with Gasteiger partial charge in [0.05, 0.1) is 6.04 Å². The molecule has 0 spiro atoms. The SMILES string of the molecule is NC(=O)CCC(N)C(=O)NC(CCC(N)=O)C(=O)NC(Cc1ccc(O)cc1)C(=O)NC(CCCN=C(N)N)C(=O)O. The number of aliphatic imine (C=N–C) groups is 1. The fourth-order valence-electron chi connectivity index (χ4n) is 3.65. The molecule has 4 atom stereocenters. The minimum atomic E-state index is -1.37. The second-order valence-corrected chi connectivity index (χ2v) is 9.46. The second-order valence-electron chi connectivity index (χ2n) is 9.46. The zero-order chi connectivity index (χ0) is 31.8. The number of primary amides is 2. The number of benzene rings is 1. The van der Waals surface area contributed by atoms with E-state index >= 15 is 0 Å². The van der Waals surface area contributed by atoms with Crippen LogP contribution in [-0.4, -0.2) is 82.4 Å². The first-order chi connectivity index (χ1) is 19.7. The largest absolute Gasteiger partial charge is 0.508 e. The number of carbonyl (C=O) groups is 6. The molecule has 17 heteroatoms. The van der Waals surface area contributed by atoms with Crippen LogP contribution in [0.25, 0.3) is 0 Å². The summed E-state index contributed by atoms with van der Waals surface area (Å²) < 4.78 is 0. The number of aliphatic carboxylic acids is 1. The van der Waals surface area contributed by atoms with Crippen LogP contribution >= 0.6 is 0 Å². The Morgan fingerprint density at radius 2 is 1.26 bits per heavy atom. The predicted molar refractivity (Wildman–Crippen MR) is 150 cm³/mol. The Labute approximate surface area is 241 Å². The van der Waals surface area contributed by atoms with Gasteiger partial charge in [-0.2, -0.15) is 0 Å². The highest BCUT2D eigenvalue weighted by Gasteiger charge is 2.30. The number of carboxylic acid groups (broad SMARTS) is 1. The lowest BCUT2D eigenvalue weighted by atomic mass is 10.0. The van der Waals surface area contributed by atoms with Crippen LogP contribution in [0.2, 0.25) is 0 Å². The number of rotatable bonds is 19. The minimum absolute atomic E-state index is 0.0295. The van der Waals surface area contributed by atoms with Gasteiger partial charge in [-0.25, -0.2) is 4.79 Å². The lowest BCUT2D eigenvalue weighted by molar-refractivity contribution is -0.142. The molecule has 0 aliphatic carbocycles. The van der Waals surface area contributed by atoms with Crippen molar-refractivity contribution in [3.8, 4) is 5.75 Å². The number of guanidine groups is 1. The normalized spacial score (nSPS) is 13.5. The Hall–Kier alpha value is -4.93. The number of hydrogen-bond donors (Lipinski definition) is 10. The van der Waals surface area contributed by atoms with Gasteiger partial charge in [0.25, 0.3) is 0 Å². The molecule has 1 aromatic carbocycles. The first-order valence-electron chi connectivity index (χ1n) is 13.0. The van der Waals surface area contributed by atoms with E-state index in [0.717, 1.165) is 0 Å². The summed E-state index contributed by atoms with van der Waals surface area (Å²) in [5, 5.41) is 26.4. The number of carboxylic acids is 1. The Morgan fingerprint density at radius 1 is 0.738 bits per heavy atom. The van der Waals surface area contributed by atoms with E-state index in [1.54, 1.807) is 0 Å². The molecule has 42 heavy (non-hydrogen) atoms. The van der Waals surface area contributed by atoms with Gasteiger partial charge in [0.2, 0.25) is 29.5 Å². The predicted octanol–water partition coefficient (Wildman–Crippen LogP) is -3.61. The fraction of sp³-hybridized carbons (Fsp3) is 0.480. The molecule has 0 radical (unpaired) electrons. The van der Waals surface area contributed by atoms with Crippen molar-refractivity contribution in [1.29, 1.82) is 0 Å². The first kappa shape index (κ1) is 35.1. The molecule has 0 fully saturated rings. The molecule has 232 valence electrons. The van der Waals surface area contributed by atoms with Gasteiger partial charge in [0, 0.05) is 25.8 Å². The molecule has 1 rings (SSSR count). The van der Waals surface area contributed by atoms with Crippen LogP contribution in [0.1, 0.15) is 44.1 Å². The highest BCUT2D eigenvalue weighted by atomic mass is 16.4. The quantitative estimate of drug-likeness (QED) is 0.0424. The van der Waals surface area contributed by atoms with E-state index in [1.807, 2.05) is 0 Å². The number of nitrogens with two attached hydrogens (primary N) is 5. The average Bonchev–Trinajstić information content (AvgIpc) is 2.91. The monoisotopic (exact) mass is 593 g/mol. The van der Waals surface area contributed by atoms with Gasteiger partial charge in [-0.15, -0.1) is 0 Å². The van der Waals surface area contributed by atoms with E-state index in [0.29, 0.717) is 5.56 Å². The zero-order valence-corrected chi connectivity index (χ0v) is 23.0. The molecule has 17 nitrogen and oxygen atoms in total. The summed E-state index contributed by atoms with van der Waals surface area (Å²) in [5.41, 5.74) is 27.1. The molecule has 0 heterocycles. The van der Waals surface area contributed by atoms with E-state index < -0.39 is 59.7 Å². The number of phenols is 1. The number of amides is 5. The van der Waals surface area contributed by atoms with E-state index in [9.17, 15) is 39.0 Å². The van der Waals surface area contributed by atoms with Crippen LogP contribution in [0, 0.1) is 0 Å². The summed E-state index contributed by atoms with van der Waals surface area (Å²) >= 11 is 0. The highest BCUT2D eigenvalue weighted by molar-refractivity contribution is 5.94. The first-order valence-corrected chi connectivity index (χ1v) is 13.0. The lowest BCUT2D eigenvalue weighted by Gasteiger charge is -2.25. The van der Waals surface area contributed by atoms with Crippen LogP contribution in [0.15, 0.2) is 29.3 Å². The maximum Gasteiger partial charge on any atom is 0.326 e. The Morgan fingerprint density at radius 3 is 1.81 bits per heavy atom. The number of carbonyl (C=O) groups excluding carboxylic acids is 5. The van der Waals surface area contributed by atoms with Crippen molar-refractivity contribution in [1.82, 2.24) is 16.0 Å². The molecule has 4 unspecified atom stereocenters. The third-order valence-electron chi connectivity index (χ3n) is 5.92. The maximum atomic E-state index is 13.3. The zero-order valence-electron chi connectivity index (χ0n) is 23.0. The molecular formula is C25H39N9O8. The van der Waals surface area contributed by atoms with Crippen molar-refractivity contribution >= 4 is 41.5 Å². The Bertz CT molecular complexity index is 1140. The minimum Gasteiger partial charge on any atom is -0.508 e. The molecule has 5 amide bonds. The van der Waals surface area contributed by atoms with Crippen LogP contribution < -0.4 is 44.6 Å². The van der Waals surface area contributed by atoms with Crippen molar-refractivity contribution in [3.63, 3.8) is 0 Å². The molecule has 1 aromatic rings. The summed E-state index contributed by atoms with van der Waals surface area (Å²) in [6.45, 7) is 0.123. The number of phenolic OH excluding ortho intramolecular Hbond substituents is 1. The third-order valence-corrected chi connectivity index (χ3v) is 5.92. The molecular weight excluding hydrogens is 554 g/mol. The molecule has 0 bridgehead atoms. The van der Waals surface area contributed by atoms with Crippen molar-refractivity contribution < 1.29 is 39.0 Å². The Balaban J connectivity index is 3.16. The Kier molecular flexibility index (Phi) is 14.8. The number of nitrogens with zero attached hydrogens (tertiary/aromatic N) is 1. The number of nitrogens with one attached hydrogen (secondary N) is 3. The summed E-state index contributed by atoms with van der Waals surface area (Å²) in [4.78, 5) is 77.1. The number of hydrogen-bond acceptors (Lipinski definition) is 9. The summed E-state index contributed by atoms with van der Waals surface area (Å²) in [6, 6.07) is 0.448. The van der Waals surface area contributed by atoms with Crippen molar-refractivity contribution in [3.05, 3.63) is 29.8 Å². The molecule has 0 saturated heterocycles. The van der Waals surface area contributed by atoms with Gasteiger partial charge in [0.15, 0.2) is 5.96 Å². The average molecular weight is 594 g/mol. The maximum absolute atomic E-state index is 13.3. The van der Waals surface area contributed by atoms with Crippen molar-refractivity contribution in [2.75, 3.05) is 6.54 Å². The van der Waals surface area contributed by atoms with Crippen molar-refractivity contribution in [2.45, 2.75) is 69.1 Å². The molecule has 0 aromatic heterocycles. The molecule has 0 saturated carbocycles. The summed E-state index contributed by atoms with van der Waals surface area (Å²) in [7, 11) is 0. The topological polar surface area (TPSA) is 321 Å². The van der Waals surface area contributed by atoms with E-state index in [1.165, 1.54) is 24.3 Å². The number of aromatic hydroxyl groups is 1. The van der Waals surface area contributed by atoms with Crippen LogP contribution in [0.4, 0.5) is 0 Å². The standard InChI is InChI=1S/C25H39N9O8/c26-15(7-9-19(27)36)21(38)32-16(8-10-20(28)37)22(39)34-18(12-13-3-5-14(35)6-4-13)23(40)33-17(24(41)42)2-1-11-31-25(29)30/h3-6,15-18,35H,1-2,7-12,26H2,(H2,27,36)(H2,28,37)(H,32,38)(H,33,40)(H,34,39)(H,41,42)(H4,29,30,31). The van der Waals surface area contributed by atoms with Gasteiger partial charge in [-0.3, -0.25) is 29.0 Å². The van der Waals surface area contributed by atoms with Crippen LogP contribution in [0.3, 0.4) is 0 Å². The van der Waals surface area contributed by atoms with Gasteiger partial charge >= 0.3 is 5.97 Å². The lowest BCUT2D eigenvalue weighted by Crippen LogP contribution is -2.57.